The number of rotatable bonds is 9. The summed E-state index contributed by atoms with van der Waals surface area (Å²) in [7, 11) is 3.43. The van der Waals surface area contributed by atoms with Crippen molar-refractivity contribution in [3.63, 3.8) is 0 Å². The van der Waals surface area contributed by atoms with Gasteiger partial charge in [-0.3, -0.25) is 4.90 Å². The van der Waals surface area contributed by atoms with Crippen LogP contribution in [0.1, 0.15) is 16.5 Å². The normalized spacial score (nSPS) is 12.9. The van der Waals surface area contributed by atoms with E-state index in [4.69, 9.17) is 21.1 Å². The summed E-state index contributed by atoms with van der Waals surface area (Å²) in [5, 5.41) is -0.00527. The highest BCUT2D eigenvalue weighted by Gasteiger charge is 2.13. The van der Waals surface area contributed by atoms with Crippen LogP contribution < -0.4 is 0 Å². The molecular formula is C15H24ClNO2. The van der Waals surface area contributed by atoms with Crippen LogP contribution in [-0.2, 0) is 9.47 Å². The van der Waals surface area contributed by atoms with Crippen LogP contribution in [0, 0.1) is 6.92 Å². The molecule has 108 valence electrons. The average Bonchev–Trinajstić information content (AvgIpc) is 2.42. The zero-order valence-corrected chi connectivity index (χ0v) is 12.8. The SMILES string of the molecule is COCCN(CCOC)CC(Cl)c1ccc(C)cc1. The van der Waals surface area contributed by atoms with Gasteiger partial charge in [-0.25, -0.2) is 0 Å². The first-order valence-corrected chi connectivity index (χ1v) is 7.02. The largest absolute Gasteiger partial charge is 0.383 e. The molecule has 0 bridgehead atoms. The summed E-state index contributed by atoms with van der Waals surface area (Å²) >= 11 is 6.49. The van der Waals surface area contributed by atoms with E-state index in [1.807, 2.05) is 0 Å². The molecule has 0 spiro atoms. The molecule has 0 aromatic heterocycles. The Morgan fingerprint density at radius 2 is 1.58 bits per heavy atom. The monoisotopic (exact) mass is 285 g/mol. The summed E-state index contributed by atoms with van der Waals surface area (Å²) in [4.78, 5) is 2.27. The summed E-state index contributed by atoms with van der Waals surface area (Å²) in [6.45, 7) is 6.04. The Labute approximate surface area is 121 Å². The first-order valence-electron chi connectivity index (χ1n) is 6.58. The third-order valence-electron chi connectivity index (χ3n) is 3.08. The number of alkyl halides is 1. The average molecular weight is 286 g/mol. The van der Waals surface area contributed by atoms with Gasteiger partial charge in [-0.15, -0.1) is 11.6 Å². The number of hydrogen-bond acceptors (Lipinski definition) is 3. The first kappa shape index (κ1) is 16.4. The minimum atomic E-state index is -0.00527. The number of benzene rings is 1. The number of ether oxygens (including phenoxy) is 2. The molecule has 0 aliphatic carbocycles. The van der Waals surface area contributed by atoms with Crippen molar-refractivity contribution in [3.05, 3.63) is 35.4 Å². The van der Waals surface area contributed by atoms with E-state index >= 15 is 0 Å². The van der Waals surface area contributed by atoms with Crippen LogP contribution in [0.2, 0.25) is 0 Å². The quantitative estimate of drug-likeness (QED) is 0.651. The fraction of sp³-hybridized carbons (Fsp3) is 0.600. The number of hydrogen-bond donors (Lipinski definition) is 0. The lowest BCUT2D eigenvalue weighted by atomic mass is 10.1. The summed E-state index contributed by atoms with van der Waals surface area (Å²) in [5.74, 6) is 0. The van der Waals surface area contributed by atoms with E-state index in [9.17, 15) is 0 Å². The van der Waals surface area contributed by atoms with E-state index in [1.54, 1.807) is 14.2 Å². The van der Waals surface area contributed by atoms with Gasteiger partial charge in [-0.05, 0) is 12.5 Å². The van der Waals surface area contributed by atoms with Gasteiger partial charge in [0.05, 0.1) is 18.6 Å². The molecule has 1 aromatic rings. The highest BCUT2D eigenvalue weighted by molar-refractivity contribution is 6.21. The van der Waals surface area contributed by atoms with Crippen LogP contribution in [0.15, 0.2) is 24.3 Å². The molecule has 0 amide bonds. The molecule has 1 aromatic carbocycles. The predicted octanol–water partition coefficient (Wildman–Crippen LogP) is 2.87. The zero-order chi connectivity index (χ0) is 14.1. The molecule has 0 fully saturated rings. The number of nitrogens with zero attached hydrogens (tertiary/aromatic N) is 1. The summed E-state index contributed by atoms with van der Waals surface area (Å²) in [5.41, 5.74) is 2.41. The summed E-state index contributed by atoms with van der Waals surface area (Å²) in [6.07, 6.45) is 0. The Hall–Kier alpha value is -0.610. The highest BCUT2D eigenvalue weighted by atomic mass is 35.5. The zero-order valence-electron chi connectivity index (χ0n) is 12.1. The van der Waals surface area contributed by atoms with Crippen molar-refractivity contribution in [1.29, 1.82) is 0 Å². The van der Waals surface area contributed by atoms with Crippen LogP contribution in [0.4, 0.5) is 0 Å². The Balaban J connectivity index is 2.53. The highest BCUT2D eigenvalue weighted by Crippen LogP contribution is 2.21. The van der Waals surface area contributed by atoms with Gasteiger partial charge in [0.2, 0.25) is 0 Å². The lowest BCUT2D eigenvalue weighted by Gasteiger charge is -2.24. The number of halogens is 1. The standard InChI is InChI=1S/C15H24ClNO2/c1-13-4-6-14(7-5-13)15(16)12-17(8-10-18-2)9-11-19-3/h4-7,15H,8-12H2,1-3H3. The van der Waals surface area contributed by atoms with Crippen molar-refractivity contribution in [2.45, 2.75) is 12.3 Å². The lowest BCUT2D eigenvalue weighted by molar-refractivity contribution is 0.114. The van der Waals surface area contributed by atoms with Crippen molar-refractivity contribution < 1.29 is 9.47 Å². The molecule has 0 N–H and O–H groups in total. The minimum Gasteiger partial charge on any atom is -0.383 e. The molecule has 0 aliphatic rings. The molecule has 0 radical (unpaired) electrons. The van der Waals surface area contributed by atoms with E-state index in [2.05, 4.69) is 36.1 Å². The third kappa shape index (κ3) is 6.39. The number of aryl methyl sites for hydroxylation is 1. The van der Waals surface area contributed by atoms with E-state index in [-0.39, 0.29) is 5.38 Å². The molecule has 0 saturated heterocycles. The summed E-state index contributed by atoms with van der Waals surface area (Å²) in [6, 6.07) is 8.38. The van der Waals surface area contributed by atoms with E-state index in [1.165, 1.54) is 5.56 Å². The second-order valence-electron chi connectivity index (χ2n) is 4.66. The van der Waals surface area contributed by atoms with Gasteiger partial charge < -0.3 is 9.47 Å². The van der Waals surface area contributed by atoms with Crippen molar-refractivity contribution in [2.75, 3.05) is 47.1 Å². The molecule has 0 aliphatic heterocycles. The number of methoxy groups -OCH3 is 2. The van der Waals surface area contributed by atoms with Crippen LogP contribution in [0.25, 0.3) is 0 Å². The first-order chi connectivity index (χ1) is 9.17. The van der Waals surface area contributed by atoms with Gasteiger partial charge in [-0.1, -0.05) is 29.8 Å². The second kappa shape index (κ2) is 9.32. The molecule has 19 heavy (non-hydrogen) atoms. The van der Waals surface area contributed by atoms with Gasteiger partial charge in [0, 0.05) is 33.9 Å². The maximum Gasteiger partial charge on any atom is 0.0712 e. The fourth-order valence-corrected chi connectivity index (χ4v) is 2.18. The fourth-order valence-electron chi connectivity index (χ4n) is 1.84. The van der Waals surface area contributed by atoms with Gasteiger partial charge in [0.1, 0.15) is 0 Å². The van der Waals surface area contributed by atoms with Gasteiger partial charge >= 0.3 is 0 Å². The van der Waals surface area contributed by atoms with Gasteiger partial charge in [0.15, 0.2) is 0 Å². The van der Waals surface area contributed by atoms with Crippen molar-refractivity contribution >= 4 is 11.6 Å². The lowest BCUT2D eigenvalue weighted by Crippen LogP contribution is -2.33. The maximum atomic E-state index is 6.49. The van der Waals surface area contributed by atoms with Crippen LogP contribution >= 0.6 is 11.6 Å². The predicted molar refractivity (Wildman–Crippen MR) is 80.0 cm³/mol. The van der Waals surface area contributed by atoms with E-state index in [0.29, 0.717) is 13.2 Å². The van der Waals surface area contributed by atoms with Crippen molar-refractivity contribution in [3.8, 4) is 0 Å². The minimum absolute atomic E-state index is 0.00527. The molecular weight excluding hydrogens is 262 g/mol. The molecule has 4 heteroatoms. The smallest absolute Gasteiger partial charge is 0.0712 e. The third-order valence-corrected chi connectivity index (χ3v) is 3.47. The topological polar surface area (TPSA) is 21.7 Å². The Kier molecular flexibility index (Phi) is 8.07. The van der Waals surface area contributed by atoms with Crippen LogP contribution in [0.5, 0.6) is 0 Å². The van der Waals surface area contributed by atoms with E-state index < -0.39 is 0 Å². The molecule has 3 nitrogen and oxygen atoms in total. The van der Waals surface area contributed by atoms with Crippen molar-refractivity contribution in [2.24, 2.45) is 0 Å². The molecule has 1 atom stereocenters. The Morgan fingerprint density at radius 1 is 1.05 bits per heavy atom. The molecule has 1 unspecified atom stereocenters. The van der Waals surface area contributed by atoms with Crippen LogP contribution in [0.3, 0.4) is 0 Å². The van der Waals surface area contributed by atoms with Gasteiger partial charge in [-0.2, -0.15) is 0 Å². The molecule has 0 heterocycles. The summed E-state index contributed by atoms with van der Waals surface area (Å²) < 4.78 is 10.3. The second-order valence-corrected chi connectivity index (χ2v) is 5.19. The molecule has 1 rings (SSSR count). The molecule has 0 saturated carbocycles. The maximum absolute atomic E-state index is 6.49. The van der Waals surface area contributed by atoms with E-state index in [0.717, 1.165) is 25.2 Å². The van der Waals surface area contributed by atoms with Gasteiger partial charge in [0.25, 0.3) is 0 Å². The van der Waals surface area contributed by atoms with Crippen LogP contribution in [-0.4, -0.2) is 52.0 Å². The Morgan fingerprint density at radius 3 is 2.05 bits per heavy atom. The van der Waals surface area contributed by atoms with Crippen molar-refractivity contribution in [1.82, 2.24) is 4.90 Å². The Bertz CT molecular complexity index is 335.